The van der Waals surface area contributed by atoms with Crippen molar-refractivity contribution >= 4 is 17.6 Å². The maximum Gasteiger partial charge on any atom is 0.244 e. The van der Waals surface area contributed by atoms with Gasteiger partial charge in [0, 0.05) is 44.9 Å². The average molecular weight is 353 g/mol. The molecule has 7 heteroatoms. The predicted octanol–water partition coefficient (Wildman–Crippen LogP) is 1.32. The SMILES string of the molecule is CC(=O)NC(C)C(=O)N1CCN(c2ccnc(-c3ccccc3)n2)CC1. The third-order valence-electron chi connectivity index (χ3n) is 4.38. The lowest BCUT2D eigenvalue weighted by atomic mass is 10.2. The molecular formula is C19H23N5O2. The second-order valence-electron chi connectivity index (χ2n) is 6.34. The van der Waals surface area contributed by atoms with E-state index in [2.05, 4.69) is 20.2 Å². The fraction of sp³-hybridized carbons (Fsp3) is 0.368. The van der Waals surface area contributed by atoms with Crippen LogP contribution in [-0.4, -0.2) is 58.9 Å². The van der Waals surface area contributed by atoms with E-state index in [9.17, 15) is 9.59 Å². The van der Waals surface area contributed by atoms with Gasteiger partial charge >= 0.3 is 0 Å². The number of aromatic nitrogens is 2. The summed E-state index contributed by atoms with van der Waals surface area (Å²) in [4.78, 5) is 36.5. The molecule has 1 unspecified atom stereocenters. The number of anilines is 1. The van der Waals surface area contributed by atoms with E-state index in [4.69, 9.17) is 0 Å². The van der Waals surface area contributed by atoms with Crippen molar-refractivity contribution in [3.8, 4) is 11.4 Å². The number of nitrogens with zero attached hydrogens (tertiary/aromatic N) is 4. The van der Waals surface area contributed by atoms with Gasteiger partial charge in [0.1, 0.15) is 11.9 Å². The number of amides is 2. The molecule has 2 heterocycles. The van der Waals surface area contributed by atoms with E-state index >= 15 is 0 Å². The maximum atomic E-state index is 12.4. The van der Waals surface area contributed by atoms with Crippen LogP contribution < -0.4 is 10.2 Å². The summed E-state index contributed by atoms with van der Waals surface area (Å²) in [7, 11) is 0. The van der Waals surface area contributed by atoms with Gasteiger partial charge in [0.15, 0.2) is 5.82 Å². The lowest BCUT2D eigenvalue weighted by Gasteiger charge is -2.36. The Morgan fingerprint density at radius 2 is 1.77 bits per heavy atom. The summed E-state index contributed by atoms with van der Waals surface area (Å²) in [6.07, 6.45) is 1.76. The number of carbonyl (C=O) groups is 2. The highest BCUT2D eigenvalue weighted by Crippen LogP contribution is 2.19. The first-order valence-corrected chi connectivity index (χ1v) is 8.74. The van der Waals surface area contributed by atoms with Crippen molar-refractivity contribution in [2.45, 2.75) is 19.9 Å². The van der Waals surface area contributed by atoms with E-state index in [0.717, 1.165) is 11.4 Å². The molecule has 1 N–H and O–H groups in total. The summed E-state index contributed by atoms with van der Waals surface area (Å²) >= 11 is 0. The van der Waals surface area contributed by atoms with Gasteiger partial charge in [0.05, 0.1) is 0 Å². The van der Waals surface area contributed by atoms with E-state index in [-0.39, 0.29) is 11.8 Å². The van der Waals surface area contributed by atoms with Crippen molar-refractivity contribution in [1.29, 1.82) is 0 Å². The molecule has 1 fully saturated rings. The van der Waals surface area contributed by atoms with E-state index in [0.29, 0.717) is 32.0 Å². The van der Waals surface area contributed by atoms with Crippen LogP contribution >= 0.6 is 0 Å². The zero-order valence-electron chi connectivity index (χ0n) is 15.1. The molecule has 1 aliphatic rings. The molecule has 0 aliphatic carbocycles. The van der Waals surface area contributed by atoms with Gasteiger partial charge in [-0.3, -0.25) is 9.59 Å². The monoisotopic (exact) mass is 353 g/mol. The first-order valence-electron chi connectivity index (χ1n) is 8.74. The molecule has 1 aromatic heterocycles. The van der Waals surface area contributed by atoms with Gasteiger partial charge in [-0.15, -0.1) is 0 Å². The zero-order valence-corrected chi connectivity index (χ0v) is 15.1. The van der Waals surface area contributed by atoms with Crippen molar-refractivity contribution in [2.24, 2.45) is 0 Å². The van der Waals surface area contributed by atoms with Crippen LogP contribution in [0.1, 0.15) is 13.8 Å². The molecule has 3 rings (SSSR count). The molecule has 1 aromatic carbocycles. The molecule has 0 saturated carbocycles. The summed E-state index contributed by atoms with van der Waals surface area (Å²) < 4.78 is 0. The number of carbonyl (C=O) groups excluding carboxylic acids is 2. The fourth-order valence-electron chi connectivity index (χ4n) is 3.05. The Kier molecular flexibility index (Phi) is 5.46. The Balaban J connectivity index is 1.63. The van der Waals surface area contributed by atoms with Crippen LogP contribution in [0.4, 0.5) is 5.82 Å². The number of piperazine rings is 1. The molecule has 26 heavy (non-hydrogen) atoms. The van der Waals surface area contributed by atoms with E-state index in [1.807, 2.05) is 36.4 Å². The lowest BCUT2D eigenvalue weighted by molar-refractivity contribution is -0.135. The standard InChI is InChI=1S/C19H23N5O2/c1-14(21-15(2)25)19(26)24-12-10-23(11-13-24)17-8-9-20-18(22-17)16-6-4-3-5-7-16/h3-9,14H,10-13H2,1-2H3,(H,21,25). The zero-order chi connectivity index (χ0) is 18.5. The van der Waals surface area contributed by atoms with Crippen LogP contribution in [0, 0.1) is 0 Å². The molecular weight excluding hydrogens is 330 g/mol. The number of hydrogen-bond acceptors (Lipinski definition) is 5. The summed E-state index contributed by atoms with van der Waals surface area (Å²) in [5.41, 5.74) is 0.979. The van der Waals surface area contributed by atoms with Crippen molar-refractivity contribution in [3.63, 3.8) is 0 Å². The van der Waals surface area contributed by atoms with Crippen LogP contribution in [0.5, 0.6) is 0 Å². The van der Waals surface area contributed by atoms with Gasteiger partial charge in [-0.2, -0.15) is 0 Å². The predicted molar refractivity (Wildman–Crippen MR) is 99.5 cm³/mol. The highest BCUT2D eigenvalue weighted by atomic mass is 16.2. The lowest BCUT2D eigenvalue weighted by Crippen LogP contribution is -2.54. The van der Waals surface area contributed by atoms with Crippen LogP contribution in [0.2, 0.25) is 0 Å². The van der Waals surface area contributed by atoms with Gasteiger partial charge in [0.2, 0.25) is 11.8 Å². The molecule has 1 aliphatic heterocycles. The van der Waals surface area contributed by atoms with Crippen LogP contribution in [-0.2, 0) is 9.59 Å². The molecule has 1 saturated heterocycles. The van der Waals surface area contributed by atoms with Gasteiger partial charge in [0.25, 0.3) is 0 Å². The first-order chi connectivity index (χ1) is 12.5. The Morgan fingerprint density at radius 3 is 2.42 bits per heavy atom. The molecule has 1 atom stereocenters. The van der Waals surface area contributed by atoms with Gasteiger partial charge in [-0.25, -0.2) is 9.97 Å². The van der Waals surface area contributed by atoms with E-state index in [1.54, 1.807) is 18.0 Å². The van der Waals surface area contributed by atoms with E-state index in [1.165, 1.54) is 6.92 Å². The number of rotatable bonds is 4. The Morgan fingerprint density at radius 1 is 1.08 bits per heavy atom. The molecule has 136 valence electrons. The van der Waals surface area contributed by atoms with E-state index < -0.39 is 6.04 Å². The minimum Gasteiger partial charge on any atom is -0.353 e. The third-order valence-corrected chi connectivity index (χ3v) is 4.38. The average Bonchev–Trinajstić information content (AvgIpc) is 2.68. The Labute approximate surface area is 153 Å². The maximum absolute atomic E-state index is 12.4. The molecule has 0 radical (unpaired) electrons. The highest BCUT2D eigenvalue weighted by Gasteiger charge is 2.25. The number of benzene rings is 1. The van der Waals surface area contributed by atoms with Crippen molar-refractivity contribution < 1.29 is 9.59 Å². The second-order valence-corrected chi connectivity index (χ2v) is 6.34. The quantitative estimate of drug-likeness (QED) is 0.897. The Hall–Kier alpha value is -2.96. The van der Waals surface area contributed by atoms with Gasteiger partial charge in [-0.05, 0) is 13.0 Å². The third kappa shape index (κ3) is 4.17. The fourth-order valence-corrected chi connectivity index (χ4v) is 3.05. The highest BCUT2D eigenvalue weighted by molar-refractivity contribution is 5.86. The summed E-state index contributed by atoms with van der Waals surface area (Å²) in [5, 5.41) is 2.64. The molecule has 7 nitrogen and oxygen atoms in total. The Bertz CT molecular complexity index is 773. The number of hydrogen-bond donors (Lipinski definition) is 1. The summed E-state index contributed by atoms with van der Waals surface area (Å²) in [6.45, 7) is 5.74. The van der Waals surface area contributed by atoms with Crippen LogP contribution in [0.3, 0.4) is 0 Å². The minimum atomic E-state index is -0.497. The molecule has 0 spiro atoms. The minimum absolute atomic E-state index is 0.0486. The number of nitrogens with one attached hydrogen (secondary N) is 1. The van der Waals surface area contributed by atoms with Crippen LogP contribution in [0.25, 0.3) is 11.4 Å². The van der Waals surface area contributed by atoms with Crippen LogP contribution in [0.15, 0.2) is 42.6 Å². The molecule has 0 bridgehead atoms. The molecule has 2 amide bonds. The first kappa shape index (κ1) is 17.8. The smallest absolute Gasteiger partial charge is 0.244 e. The van der Waals surface area contributed by atoms with Crippen molar-refractivity contribution in [2.75, 3.05) is 31.1 Å². The normalized spacial score (nSPS) is 15.5. The largest absolute Gasteiger partial charge is 0.353 e. The summed E-state index contributed by atoms with van der Waals surface area (Å²) in [5.74, 6) is 1.31. The van der Waals surface area contributed by atoms with Gasteiger partial charge < -0.3 is 15.1 Å². The molecule has 2 aromatic rings. The van der Waals surface area contributed by atoms with Gasteiger partial charge in [-0.1, -0.05) is 30.3 Å². The topological polar surface area (TPSA) is 78.4 Å². The summed E-state index contributed by atoms with van der Waals surface area (Å²) in [6, 6.07) is 11.3. The van der Waals surface area contributed by atoms with Crippen molar-refractivity contribution in [1.82, 2.24) is 20.2 Å². The second kappa shape index (κ2) is 7.95. The van der Waals surface area contributed by atoms with Crippen molar-refractivity contribution in [3.05, 3.63) is 42.6 Å².